The lowest BCUT2D eigenvalue weighted by atomic mass is 9.90. The SMILES string of the molecule is C[C@H](c1cncnc1)N1CCC(N2CC[C@H](n3c(=O)[nH]c4ccccc43)[C@@H](C)C2)CC1. The molecule has 2 aliphatic heterocycles. The molecule has 4 heterocycles. The standard InChI is InChI=1S/C24H32N6O/c1-17-15-29(12-9-22(17)30-23-6-4-3-5-21(23)27-24(30)31)20-7-10-28(11-8-20)18(2)19-13-25-16-26-14-19/h3-6,13-14,16-18,20,22H,7-12,15H2,1-2H3,(H,27,31)/t17-,18+,22-/m0/s1. The Morgan fingerprint density at radius 3 is 2.55 bits per heavy atom. The summed E-state index contributed by atoms with van der Waals surface area (Å²) in [7, 11) is 0. The zero-order chi connectivity index (χ0) is 21.4. The van der Waals surface area contributed by atoms with Crippen LogP contribution in [0, 0.1) is 5.92 Å². The summed E-state index contributed by atoms with van der Waals surface area (Å²) >= 11 is 0. The number of nitrogens with one attached hydrogen (secondary N) is 1. The van der Waals surface area contributed by atoms with Crippen LogP contribution in [-0.2, 0) is 0 Å². The molecular weight excluding hydrogens is 388 g/mol. The topological polar surface area (TPSA) is 70.1 Å². The molecule has 2 fully saturated rings. The zero-order valence-corrected chi connectivity index (χ0v) is 18.4. The zero-order valence-electron chi connectivity index (χ0n) is 18.4. The number of hydrogen-bond donors (Lipinski definition) is 1. The van der Waals surface area contributed by atoms with Crippen LogP contribution in [0.4, 0.5) is 0 Å². The van der Waals surface area contributed by atoms with E-state index in [1.54, 1.807) is 6.33 Å². The van der Waals surface area contributed by atoms with E-state index < -0.39 is 0 Å². The lowest BCUT2D eigenvalue weighted by molar-refractivity contribution is 0.0451. The summed E-state index contributed by atoms with van der Waals surface area (Å²) in [5.41, 5.74) is 3.19. The van der Waals surface area contributed by atoms with Crippen LogP contribution in [0.2, 0.25) is 0 Å². The number of aromatic amines is 1. The Bertz CT molecular complexity index is 1070. The summed E-state index contributed by atoms with van der Waals surface area (Å²) in [4.78, 5) is 29.3. The van der Waals surface area contributed by atoms with E-state index >= 15 is 0 Å². The fourth-order valence-electron chi connectivity index (χ4n) is 5.66. The van der Waals surface area contributed by atoms with E-state index in [9.17, 15) is 4.79 Å². The maximum atomic E-state index is 12.7. The van der Waals surface area contributed by atoms with Gasteiger partial charge in [-0.3, -0.25) is 14.4 Å². The van der Waals surface area contributed by atoms with Crippen molar-refractivity contribution < 1.29 is 0 Å². The highest BCUT2D eigenvalue weighted by Crippen LogP contribution is 2.33. The number of likely N-dealkylation sites (tertiary alicyclic amines) is 2. The third-order valence-electron chi connectivity index (χ3n) is 7.47. The Labute approximate surface area is 183 Å². The minimum Gasteiger partial charge on any atom is -0.306 e. The van der Waals surface area contributed by atoms with Gasteiger partial charge in [0.1, 0.15) is 6.33 Å². The first kappa shape index (κ1) is 20.4. The highest BCUT2D eigenvalue weighted by atomic mass is 16.1. The van der Waals surface area contributed by atoms with Crippen molar-refractivity contribution in [1.82, 2.24) is 29.3 Å². The molecule has 0 saturated carbocycles. The number of benzene rings is 1. The van der Waals surface area contributed by atoms with Crippen LogP contribution in [0.1, 0.15) is 50.8 Å². The van der Waals surface area contributed by atoms with Gasteiger partial charge in [-0.25, -0.2) is 14.8 Å². The maximum Gasteiger partial charge on any atom is 0.326 e. The van der Waals surface area contributed by atoms with Gasteiger partial charge >= 0.3 is 5.69 Å². The summed E-state index contributed by atoms with van der Waals surface area (Å²) < 4.78 is 2.00. The summed E-state index contributed by atoms with van der Waals surface area (Å²) in [5, 5.41) is 0. The van der Waals surface area contributed by atoms with Gasteiger partial charge in [-0.15, -0.1) is 0 Å². The molecule has 5 rings (SSSR count). The minimum absolute atomic E-state index is 0.0266. The molecule has 164 valence electrons. The van der Waals surface area contributed by atoms with Crippen molar-refractivity contribution in [1.29, 1.82) is 0 Å². The second-order valence-corrected chi connectivity index (χ2v) is 9.26. The molecule has 1 aromatic carbocycles. The second-order valence-electron chi connectivity index (χ2n) is 9.26. The monoisotopic (exact) mass is 420 g/mol. The predicted octanol–water partition coefficient (Wildman–Crippen LogP) is 3.23. The second kappa shape index (κ2) is 8.55. The summed E-state index contributed by atoms with van der Waals surface area (Å²) in [6.45, 7) is 8.90. The average Bonchev–Trinajstić information content (AvgIpc) is 3.15. The van der Waals surface area contributed by atoms with Crippen LogP contribution in [0.5, 0.6) is 0 Å². The van der Waals surface area contributed by atoms with Gasteiger partial charge in [0.2, 0.25) is 0 Å². The van der Waals surface area contributed by atoms with E-state index in [-0.39, 0.29) is 11.7 Å². The van der Waals surface area contributed by atoms with E-state index in [1.165, 1.54) is 18.4 Å². The lowest BCUT2D eigenvalue weighted by Crippen LogP contribution is -2.50. The van der Waals surface area contributed by atoms with Crippen molar-refractivity contribution in [2.75, 3.05) is 26.2 Å². The Hall–Kier alpha value is -2.51. The lowest BCUT2D eigenvalue weighted by Gasteiger charge is -2.45. The number of fused-ring (bicyclic) bond motifs is 1. The molecule has 0 radical (unpaired) electrons. The van der Waals surface area contributed by atoms with Crippen LogP contribution in [0.3, 0.4) is 0 Å². The summed E-state index contributed by atoms with van der Waals surface area (Å²) in [6.07, 6.45) is 8.88. The van der Waals surface area contributed by atoms with Gasteiger partial charge in [-0.05, 0) is 44.2 Å². The number of hydrogen-bond acceptors (Lipinski definition) is 5. The Morgan fingerprint density at radius 2 is 1.81 bits per heavy atom. The molecule has 0 spiro atoms. The summed E-state index contributed by atoms with van der Waals surface area (Å²) in [6, 6.07) is 9.30. The van der Waals surface area contributed by atoms with Crippen molar-refractivity contribution in [2.24, 2.45) is 5.92 Å². The van der Waals surface area contributed by atoms with E-state index in [0.717, 1.165) is 43.6 Å². The van der Waals surface area contributed by atoms with Crippen LogP contribution in [0.25, 0.3) is 11.0 Å². The van der Waals surface area contributed by atoms with E-state index in [4.69, 9.17) is 0 Å². The number of piperidine rings is 2. The summed E-state index contributed by atoms with van der Waals surface area (Å²) in [5.74, 6) is 0.448. The van der Waals surface area contributed by atoms with Gasteiger partial charge in [-0.2, -0.15) is 0 Å². The largest absolute Gasteiger partial charge is 0.326 e. The number of para-hydroxylation sites is 2. The number of aromatic nitrogens is 4. The van der Waals surface area contributed by atoms with Crippen molar-refractivity contribution in [3.8, 4) is 0 Å². The molecule has 0 aliphatic carbocycles. The normalized spacial score (nSPS) is 25.1. The highest BCUT2D eigenvalue weighted by Gasteiger charge is 2.34. The first-order chi connectivity index (χ1) is 15.1. The van der Waals surface area contributed by atoms with Crippen LogP contribution in [-0.4, -0.2) is 61.5 Å². The Morgan fingerprint density at radius 1 is 1.06 bits per heavy atom. The Kier molecular flexibility index (Phi) is 5.63. The smallest absolute Gasteiger partial charge is 0.306 e. The fourth-order valence-corrected chi connectivity index (χ4v) is 5.66. The quantitative estimate of drug-likeness (QED) is 0.702. The molecule has 2 aliphatic rings. The predicted molar refractivity (Wildman–Crippen MR) is 122 cm³/mol. The molecule has 0 unspecified atom stereocenters. The van der Waals surface area contributed by atoms with Gasteiger partial charge in [0.15, 0.2) is 0 Å². The van der Waals surface area contributed by atoms with E-state index in [0.29, 0.717) is 18.0 Å². The molecular formula is C24H32N6O. The molecule has 31 heavy (non-hydrogen) atoms. The molecule has 3 atom stereocenters. The van der Waals surface area contributed by atoms with Gasteiger partial charge in [0.25, 0.3) is 0 Å². The van der Waals surface area contributed by atoms with Gasteiger partial charge in [-0.1, -0.05) is 19.1 Å². The van der Waals surface area contributed by atoms with Gasteiger partial charge < -0.3 is 4.98 Å². The highest BCUT2D eigenvalue weighted by molar-refractivity contribution is 5.75. The number of H-pyrrole nitrogens is 1. The van der Waals surface area contributed by atoms with Crippen LogP contribution in [0.15, 0.2) is 47.8 Å². The first-order valence-electron chi connectivity index (χ1n) is 11.5. The van der Waals surface area contributed by atoms with Crippen molar-refractivity contribution >= 4 is 11.0 Å². The number of rotatable bonds is 4. The van der Waals surface area contributed by atoms with E-state index in [1.807, 2.05) is 35.2 Å². The first-order valence-corrected chi connectivity index (χ1v) is 11.5. The molecule has 2 aromatic heterocycles. The average molecular weight is 421 g/mol. The van der Waals surface area contributed by atoms with Crippen molar-refractivity contribution in [3.05, 3.63) is 59.0 Å². The minimum atomic E-state index is 0.0266. The Balaban J connectivity index is 1.22. The molecule has 0 bridgehead atoms. The van der Waals surface area contributed by atoms with E-state index in [2.05, 4.69) is 44.7 Å². The molecule has 7 heteroatoms. The maximum absolute atomic E-state index is 12.7. The number of imidazole rings is 1. The number of nitrogens with zero attached hydrogens (tertiary/aromatic N) is 5. The fraction of sp³-hybridized carbons (Fsp3) is 0.542. The molecule has 1 N–H and O–H groups in total. The van der Waals surface area contributed by atoms with Crippen molar-refractivity contribution in [3.63, 3.8) is 0 Å². The molecule has 7 nitrogen and oxygen atoms in total. The van der Waals surface area contributed by atoms with Crippen LogP contribution < -0.4 is 5.69 Å². The third kappa shape index (κ3) is 3.92. The van der Waals surface area contributed by atoms with Gasteiger partial charge in [0.05, 0.1) is 11.0 Å². The molecule has 2 saturated heterocycles. The third-order valence-corrected chi connectivity index (χ3v) is 7.47. The van der Waals surface area contributed by atoms with Crippen LogP contribution >= 0.6 is 0 Å². The molecule has 0 amide bonds. The molecule has 3 aromatic rings. The van der Waals surface area contributed by atoms with Gasteiger partial charge in [0, 0.05) is 62.3 Å². The van der Waals surface area contributed by atoms with Crippen molar-refractivity contribution in [2.45, 2.75) is 51.2 Å².